The molecule has 0 aromatic rings. The Morgan fingerprint density at radius 3 is 2.58 bits per heavy atom. The second-order valence-corrected chi connectivity index (χ2v) is 5.29. The van der Waals surface area contributed by atoms with Crippen LogP contribution in [0.25, 0.3) is 0 Å². The first-order valence-corrected chi connectivity index (χ1v) is 7.02. The third-order valence-electron chi connectivity index (χ3n) is 3.61. The number of rotatable bonds is 6. The highest BCUT2D eigenvalue weighted by molar-refractivity contribution is 6.35. The molecular formula is C13H22N2O4. The van der Waals surface area contributed by atoms with Gasteiger partial charge in [0, 0.05) is 19.7 Å². The molecule has 2 aliphatic rings. The van der Waals surface area contributed by atoms with Gasteiger partial charge >= 0.3 is 11.8 Å². The summed E-state index contributed by atoms with van der Waals surface area (Å²) in [5, 5.41) is 14.7. The van der Waals surface area contributed by atoms with E-state index in [1.54, 1.807) is 0 Å². The van der Waals surface area contributed by atoms with E-state index in [2.05, 4.69) is 10.6 Å². The van der Waals surface area contributed by atoms with Crippen LogP contribution in [0.3, 0.4) is 0 Å². The molecule has 1 aliphatic carbocycles. The Hall–Kier alpha value is -1.14. The van der Waals surface area contributed by atoms with Gasteiger partial charge in [-0.15, -0.1) is 0 Å². The summed E-state index contributed by atoms with van der Waals surface area (Å²) in [6.07, 6.45) is 4.26. The Bertz CT molecular complexity index is 325. The second kappa shape index (κ2) is 6.86. The minimum Gasteiger partial charge on any atom is -0.393 e. The molecule has 3 N–H and O–H groups in total. The number of carbonyl (C=O) groups excluding carboxylic acids is 2. The number of aliphatic hydroxyl groups is 1. The molecule has 0 unspecified atom stereocenters. The van der Waals surface area contributed by atoms with Gasteiger partial charge in [0.05, 0.1) is 12.2 Å². The SMILES string of the molecule is O=C(NCC[C@@H](O)C1CC1)C(=O)NC[C@@H]1CCCO1. The van der Waals surface area contributed by atoms with Gasteiger partial charge in [0.1, 0.15) is 0 Å². The number of amides is 2. The Morgan fingerprint density at radius 1 is 1.21 bits per heavy atom. The number of nitrogens with one attached hydrogen (secondary N) is 2. The number of aliphatic hydroxyl groups excluding tert-OH is 1. The molecule has 0 aromatic heterocycles. The summed E-state index contributed by atoms with van der Waals surface area (Å²) in [5.41, 5.74) is 0. The molecule has 0 radical (unpaired) electrons. The van der Waals surface area contributed by atoms with E-state index >= 15 is 0 Å². The summed E-state index contributed by atoms with van der Waals surface area (Å²) < 4.78 is 5.35. The quantitative estimate of drug-likeness (QED) is 0.571. The van der Waals surface area contributed by atoms with Gasteiger partial charge in [-0.25, -0.2) is 0 Å². The van der Waals surface area contributed by atoms with Crippen molar-refractivity contribution in [3.63, 3.8) is 0 Å². The van der Waals surface area contributed by atoms with Crippen molar-refractivity contribution >= 4 is 11.8 Å². The molecule has 0 aromatic carbocycles. The first-order valence-electron chi connectivity index (χ1n) is 7.02. The fourth-order valence-corrected chi connectivity index (χ4v) is 2.22. The molecule has 1 saturated carbocycles. The van der Waals surface area contributed by atoms with E-state index in [0.29, 0.717) is 25.4 Å². The number of ether oxygens (including phenoxy) is 1. The predicted molar refractivity (Wildman–Crippen MR) is 68.3 cm³/mol. The highest BCUT2D eigenvalue weighted by Crippen LogP contribution is 2.33. The van der Waals surface area contributed by atoms with Gasteiger partial charge in [-0.3, -0.25) is 9.59 Å². The van der Waals surface area contributed by atoms with Gasteiger partial charge in [-0.05, 0) is 38.0 Å². The van der Waals surface area contributed by atoms with Crippen molar-refractivity contribution in [2.24, 2.45) is 5.92 Å². The van der Waals surface area contributed by atoms with Gasteiger partial charge in [0.25, 0.3) is 0 Å². The Morgan fingerprint density at radius 2 is 1.95 bits per heavy atom. The Balaban J connectivity index is 1.54. The number of hydrogen-bond donors (Lipinski definition) is 3. The van der Waals surface area contributed by atoms with Crippen molar-refractivity contribution in [1.29, 1.82) is 0 Å². The van der Waals surface area contributed by atoms with Gasteiger partial charge < -0.3 is 20.5 Å². The summed E-state index contributed by atoms with van der Waals surface area (Å²) in [4.78, 5) is 22.9. The van der Waals surface area contributed by atoms with Gasteiger partial charge in [-0.1, -0.05) is 0 Å². The molecule has 2 rings (SSSR count). The molecule has 0 spiro atoms. The lowest BCUT2D eigenvalue weighted by molar-refractivity contribution is -0.139. The molecule has 2 amide bonds. The molecule has 19 heavy (non-hydrogen) atoms. The van der Waals surface area contributed by atoms with Crippen molar-refractivity contribution in [2.45, 2.75) is 44.3 Å². The molecular weight excluding hydrogens is 248 g/mol. The molecule has 6 nitrogen and oxygen atoms in total. The van der Waals surface area contributed by atoms with E-state index < -0.39 is 11.8 Å². The van der Waals surface area contributed by atoms with E-state index in [9.17, 15) is 14.7 Å². The summed E-state index contributed by atoms with van der Waals surface area (Å²) >= 11 is 0. The maximum absolute atomic E-state index is 11.5. The second-order valence-electron chi connectivity index (χ2n) is 5.29. The van der Waals surface area contributed by atoms with E-state index in [1.165, 1.54) is 0 Å². The first-order chi connectivity index (χ1) is 9.16. The Labute approximate surface area is 112 Å². The number of carbonyl (C=O) groups is 2. The first kappa shape index (κ1) is 14.3. The molecule has 2 fully saturated rings. The maximum atomic E-state index is 11.5. The highest BCUT2D eigenvalue weighted by atomic mass is 16.5. The molecule has 1 saturated heterocycles. The van der Waals surface area contributed by atoms with E-state index in [1.807, 2.05) is 0 Å². The normalized spacial score (nSPS) is 23.9. The monoisotopic (exact) mass is 270 g/mol. The van der Waals surface area contributed by atoms with Crippen LogP contribution in [0, 0.1) is 5.92 Å². The Kier molecular flexibility index (Phi) is 5.15. The molecule has 1 aliphatic heterocycles. The molecule has 1 heterocycles. The van der Waals surface area contributed by atoms with Crippen LogP contribution in [-0.4, -0.2) is 48.8 Å². The van der Waals surface area contributed by atoms with Crippen molar-refractivity contribution in [3.8, 4) is 0 Å². The summed E-state index contributed by atoms with van der Waals surface area (Å²) in [6.45, 7) is 1.45. The van der Waals surface area contributed by atoms with Gasteiger partial charge in [0.15, 0.2) is 0 Å². The zero-order valence-corrected chi connectivity index (χ0v) is 11.1. The fourth-order valence-electron chi connectivity index (χ4n) is 2.22. The third kappa shape index (κ3) is 4.80. The van der Waals surface area contributed by atoms with Crippen molar-refractivity contribution in [1.82, 2.24) is 10.6 Å². The van der Waals surface area contributed by atoms with E-state index in [0.717, 1.165) is 32.3 Å². The van der Waals surface area contributed by atoms with Crippen LogP contribution in [0.1, 0.15) is 32.1 Å². The maximum Gasteiger partial charge on any atom is 0.309 e. The summed E-state index contributed by atoms with van der Waals surface area (Å²) in [7, 11) is 0. The standard InChI is InChI=1S/C13H22N2O4/c16-11(9-3-4-9)5-6-14-12(17)13(18)15-8-10-2-1-7-19-10/h9-11,16H,1-8H2,(H,14,17)(H,15,18)/t10-,11+/m0/s1. The zero-order chi connectivity index (χ0) is 13.7. The topological polar surface area (TPSA) is 87.7 Å². The van der Waals surface area contributed by atoms with Crippen LogP contribution in [-0.2, 0) is 14.3 Å². The van der Waals surface area contributed by atoms with Crippen LogP contribution < -0.4 is 10.6 Å². The average molecular weight is 270 g/mol. The third-order valence-corrected chi connectivity index (χ3v) is 3.61. The molecule has 2 atom stereocenters. The molecule has 0 bridgehead atoms. The fraction of sp³-hybridized carbons (Fsp3) is 0.846. The van der Waals surface area contributed by atoms with E-state index in [-0.39, 0.29) is 12.2 Å². The van der Waals surface area contributed by atoms with Crippen LogP contribution in [0.4, 0.5) is 0 Å². The minimum atomic E-state index is -0.638. The van der Waals surface area contributed by atoms with Crippen LogP contribution in [0.5, 0.6) is 0 Å². The van der Waals surface area contributed by atoms with Gasteiger partial charge in [-0.2, -0.15) is 0 Å². The van der Waals surface area contributed by atoms with Crippen LogP contribution in [0.2, 0.25) is 0 Å². The zero-order valence-electron chi connectivity index (χ0n) is 11.1. The largest absolute Gasteiger partial charge is 0.393 e. The molecule has 108 valence electrons. The van der Waals surface area contributed by atoms with Crippen molar-refractivity contribution in [3.05, 3.63) is 0 Å². The molecule has 6 heteroatoms. The lowest BCUT2D eigenvalue weighted by atomic mass is 10.1. The smallest absolute Gasteiger partial charge is 0.309 e. The lowest BCUT2D eigenvalue weighted by Gasteiger charge is -2.12. The minimum absolute atomic E-state index is 0.0356. The van der Waals surface area contributed by atoms with Crippen molar-refractivity contribution in [2.75, 3.05) is 19.7 Å². The summed E-state index contributed by atoms with van der Waals surface area (Å²) in [5.74, 6) is -0.873. The summed E-state index contributed by atoms with van der Waals surface area (Å²) in [6, 6.07) is 0. The van der Waals surface area contributed by atoms with Crippen molar-refractivity contribution < 1.29 is 19.4 Å². The lowest BCUT2D eigenvalue weighted by Crippen LogP contribution is -2.43. The number of hydrogen-bond acceptors (Lipinski definition) is 4. The average Bonchev–Trinajstić information content (AvgIpc) is 3.13. The van der Waals surface area contributed by atoms with Crippen LogP contribution >= 0.6 is 0 Å². The van der Waals surface area contributed by atoms with E-state index in [4.69, 9.17) is 4.74 Å². The predicted octanol–water partition coefficient (Wildman–Crippen LogP) is -0.441. The highest BCUT2D eigenvalue weighted by Gasteiger charge is 2.29. The van der Waals surface area contributed by atoms with Crippen LogP contribution in [0.15, 0.2) is 0 Å². The van der Waals surface area contributed by atoms with Gasteiger partial charge in [0.2, 0.25) is 0 Å².